The van der Waals surface area contributed by atoms with Crippen LogP contribution < -0.4 is 9.47 Å². The number of rotatable bonds is 7. The van der Waals surface area contributed by atoms with Gasteiger partial charge in [-0.05, 0) is 34.9 Å². The van der Waals surface area contributed by atoms with Gasteiger partial charge in [0.2, 0.25) is 0 Å². The number of para-hydroxylation sites is 3. The summed E-state index contributed by atoms with van der Waals surface area (Å²) in [6.45, 7) is 0.461. The Balaban J connectivity index is 1.56. The second-order valence-electron chi connectivity index (χ2n) is 8.67. The van der Waals surface area contributed by atoms with Crippen molar-refractivity contribution in [2.75, 3.05) is 7.11 Å². The molecule has 0 fully saturated rings. The van der Waals surface area contributed by atoms with E-state index < -0.39 is 0 Å². The number of methoxy groups -OCH3 is 1. The molecule has 0 amide bonds. The van der Waals surface area contributed by atoms with Crippen LogP contribution in [-0.2, 0) is 6.61 Å². The Kier molecular flexibility index (Phi) is 5.47. The lowest BCUT2D eigenvalue weighted by Gasteiger charge is -2.22. The molecule has 0 unspecified atom stereocenters. The Bertz CT molecular complexity index is 1520. The Morgan fingerprint density at radius 1 is 0.629 bits per heavy atom. The molecule has 0 atom stereocenters. The smallest absolute Gasteiger partial charge is 0.165 e. The van der Waals surface area contributed by atoms with Gasteiger partial charge in [0.1, 0.15) is 6.61 Å². The first-order valence-electron chi connectivity index (χ1n) is 11.8. The highest BCUT2D eigenvalue weighted by Gasteiger charge is 2.27. The molecule has 0 spiro atoms. The van der Waals surface area contributed by atoms with Gasteiger partial charge in [0.05, 0.1) is 7.11 Å². The quantitative estimate of drug-likeness (QED) is 0.262. The molecule has 6 aromatic rings. The molecule has 4 nitrogen and oxygen atoms in total. The zero-order valence-corrected chi connectivity index (χ0v) is 19.5. The van der Waals surface area contributed by atoms with Crippen molar-refractivity contribution in [2.24, 2.45) is 0 Å². The first-order valence-corrected chi connectivity index (χ1v) is 11.8. The summed E-state index contributed by atoms with van der Waals surface area (Å²) in [6, 6.07) is 33.3. The molecule has 0 aliphatic carbocycles. The van der Waals surface area contributed by atoms with E-state index in [-0.39, 0.29) is 5.92 Å². The van der Waals surface area contributed by atoms with Gasteiger partial charge in [-0.15, -0.1) is 0 Å². The molecule has 2 N–H and O–H groups in total. The van der Waals surface area contributed by atoms with Crippen LogP contribution in [0.4, 0.5) is 0 Å². The van der Waals surface area contributed by atoms with Crippen molar-refractivity contribution in [2.45, 2.75) is 12.5 Å². The summed E-state index contributed by atoms with van der Waals surface area (Å²) in [4.78, 5) is 6.94. The first kappa shape index (κ1) is 21.1. The van der Waals surface area contributed by atoms with E-state index >= 15 is 0 Å². The molecule has 0 radical (unpaired) electrons. The molecule has 172 valence electrons. The highest BCUT2D eigenvalue weighted by molar-refractivity contribution is 5.89. The number of hydrogen-bond donors (Lipinski definition) is 2. The average Bonchev–Trinajstić information content (AvgIpc) is 3.54. The van der Waals surface area contributed by atoms with Crippen LogP contribution in [-0.4, -0.2) is 17.1 Å². The number of nitrogens with one attached hydrogen (secondary N) is 2. The molecule has 0 aliphatic rings. The Labute approximate surface area is 204 Å². The molecule has 0 saturated carbocycles. The topological polar surface area (TPSA) is 50.0 Å². The summed E-state index contributed by atoms with van der Waals surface area (Å²) in [6.07, 6.45) is 4.25. The average molecular weight is 459 g/mol. The van der Waals surface area contributed by atoms with Crippen molar-refractivity contribution < 1.29 is 9.47 Å². The first-order chi connectivity index (χ1) is 17.3. The van der Waals surface area contributed by atoms with E-state index in [2.05, 4.69) is 89.1 Å². The number of benzene rings is 4. The summed E-state index contributed by atoms with van der Waals surface area (Å²) in [7, 11) is 1.70. The van der Waals surface area contributed by atoms with E-state index in [1.807, 2.05) is 30.3 Å². The molecule has 2 aromatic heterocycles. The maximum atomic E-state index is 6.50. The standard InChI is InChI=1S/C31H26N2O2/c1-34-29-17-9-14-24(31(29)35-20-21-10-3-2-4-11-21)30(25-18-32-27-15-7-5-12-22(25)27)26-19-33-28-16-8-6-13-23(26)28/h2-19,30,32-33H,20H2,1H3. The molecule has 0 saturated heterocycles. The van der Waals surface area contributed by atoms with Crippen molar-refractivity contribution in [1.29, 1.82) is 0 Å². The highest BCUT2D eigenvalue weighted by atomic mass is 16.5. The Morgan fingerprint density at radius 3 is 1.86 bits per heavy atom. The van der Waals surface area contributed by atoms with Crippen LogP contribution in [0.1, 0.15) is 28.2 Å². The largest absolute Gasteiger partial charge is 0.493 e. The number of hydrogen-bond acceptors (Lipinski definition) is 2. The maximum Gasteiger partial charge on any atom is 0.165 e. The minimum Gasteiger partial charge on any atom is -0.493 e. The van der Waals surface area contributed by atoms with E-state index in [9.17, 15) is 0 Å². The second-order valence-corrected chi connectivity index (χ2v) is 8.67. The number of fused-ring (bicyclic) bond motifs is 2. The van der Waals surface area contributed by atoms with Crippen LogP contribution in [0, 0.1) is 0 Å². The number of aromatic nitrogens is 2. The minimum atomic E-state index is -0.0665. The van der Waals surface area contributed by atoms with Gasteiger partial charge in [0, 0.05) is 45.7 Å². The maximum absolute atomic E-state index is 6.50. The van der Waals surface area contributed by atoms with Gasteiger partial charge in [0.15, 0.2) is 11.5 Å². The Hall–Kier alpha value is -4.44. The fourth-order valence-corrected chi connectivity index (χ4v) is 4.97. The molecule has 0 bridgehead atoms. The number of aromatic amines is 2. The molecule has 4 heteroatoms. The third kappa shape index (κ3) is 3.83. The van der Waals surface area contributed by atoms with Crippen LogP contribution >= 0.6 is 0 Å². The predicted octanol–water partition coefficient (Wildman–Crippen LogP) is 7.42. The van der Waals surface area contributed by atoms with Crippen LogP contribution in [0.15, 0.2) is 109 Å². The summed E-state index contributed by atoms with van der Waals surface area (Å²) in [5, 5.41) is 2.39. The lowest BCUT2D eigenvalue weighted by molar-refractivity contribution is 0.281. The van der Waals surface area contributed by atoms with E-state index in [4.69, 9.17) is 9.47 Å². The molecule has 4 aromatic carbocycles. The normalized spacial score (nSPS) is 11.4. The molecule has 6 rings (SSSR count). The van der Waals surface area contributed by atoms with E-state index in [1.165, 1.54) is 21.9 Å². The third-order valence-electron chi connectivity index (χ3n) is 6.63. The van der Waals surface area contributed by atoms with Crippen LogP contribution in [0.25, 0.3) is 21.8 Å². The Morgan fingerprint density at radius 2 is 1.23 bits per heavy atom. The molecule has 2 heterocycles. The predicted molar refractivity (Wildman–Crippen MR) is 141 cm³/mol. The lowest BCUT2D eigenvalue weighted by atomic mass is 9.84. The van der Waals surface area contributed by atoms with Gasteiger partial charge < -0.3 is 19.4 Å². The van der Waals surface area contributed by atoms with E-state index in [0.717, 1.165) is 33.7 Å². The highest BCUT2D eigenvalue weighted by Crippen LogP contribution is 2.45. The van der Waals surface area contributed by atoms with Crippen molar-refractivity contribution in [1.82, 2.24) is 9.97 Å². The number of H-pyrrole nitrogens is 2. The van der Waals surface area contributed by atoms with Crippen molar-refractivity contribution >= 4 is 21.8 Å². The summed E-state index contributed by atoms with van der Waals surface area (Å²) in [5.74, 6) is 1.42. The van der Waals surface area contributed by atoms with Crippen LogP contribution in [0.3, 0.4) is 0 Å². The van der Waals surface area contributed by atoms with E-state index in [1.54, 1.807) is 7.11 Å². The zero-order valence-electron chi connectivity index (χ0n) is 19.5. The van der Waals surface area contributed by atoms with Gasteiger partial charge in [-0.1, -0.05) is 78.9 Å². The minimum absolute atomic E-state index is 0.0665. The fourth-order valence-electron chi connectivity index (χ4n) is 4.97. The summed E-state index contributed by atoms with van der Waals surface area (Å²) >= 11 is 0. The summed E-state index contributed by atoms with van der Waals surface area (Å²) < 4.78 is 12.3. The molecule has 35 heavy (non-hydrogen) atoms. The molecular weight excluding hydrogens is 432 g/mol. The zero-order chi connectivity index (χ0) is 23.6. The van der Waals surface area contributed by atoms with Crippen LogP contribution in [0.2, 0.25) is 0 Å². The third-order valence-corrected chi connectivity index (χ3v) is 6.63. The van der Waals surface area contributed by atoms with Gasteiger partial charge in [-0.25, -0.2) is 0 Å². The van der Waals surface area contributed by atoms with Crippen LogP contribution in [0.5, 0.6) is 11.5 Å². The second kappa shape index (κ2) is 9.07. The molecule has 0 aliphatic heterocycles. The summed E-state index contributed by atoms with van der Waals surface area (Å²) in [5.41, 5.74) is 6.80. The van der Waals surface area contributed by atoms with Gasteiger partial charge in [0.25, 0.3) is 0 Å². The van der Waals surface area contributed by atoms with E-state index in [0.29, 0.717) is 6.61 Å². The number of ether oxygens (including phenoxy) is 2. The monoisotopic (exact) mass is 458 g/mol. The lowest BCUT2D eigenvalue weighted by Crippen LogP contribution is -2.07. The van der Waals surface area contributed by atoms with Gasteiger partial charge >= 0.3 is 0 Å². The van der Waals surface area contributed by atoms with Gasteiger partial charge in [-0.2, -0.15) is 0 Å². The van der Waals surface area contributed by atoms with Crippen molar-refractivity contribution in [3.63, 3.8) is 0 Å². The van der Waals surface area contributed by atoms with Gasteiger partial charge in [-0.3, -0.25) is 0 Å². The SMILES string of the molecule is COc1cccc(C(c2c[nH]c3ccccc23)c2c[nH]c3ccccc23)c1OCc1ccccc1. The van der Waals surface area contributed by atoms with Crippen molar-refractivity contribution in [3.8, 4) is 11.5 Å². The van der Waals surface area contributed by atoms with Crippen molar-refractivity contribution in [3.05, 3.63) is 132 Å². The molecular formula is C31H26N2O2. The fraction of sp³-hybridized carbons (Fsp3) is 0.0968.